The first kappa shape index (κ1) is 15.2. The van der Waals surface area contributed by atoms with Gasteiger partial charge >= 0.3 is 0 Å². The number of rotatable bonds is 5. The Morgan fingerprint density at radius 2 is 1.90 bits per heavy atom. The highest BCUT2D eigenvalue weighted by atomic mass is 16.1. The molecule has 0 unspecified atom stereocenters. The van der Waals surface area contributed by atoms with Crippen molar-refractivity contribution >= 4 is 11.6 Å². The van der Waals surface area contributed by atoms with E-state index in [0.717, 1.165) is 35.6 Å². The third kappa shape index (κ3) is 3.89. The van der Waals surface area contributed by atoms with Gasteiger partial charge in [0, 0.05) is 11.3 Å². The lowest BCUT2D eigenvalue weighted by Crippen LogP contribution is -2.18. The molecular formula is C17H21N3O. The summed E-state index contributed by atoms with van der Waals surface area (Å²) in [7, 11) is 1.91. The second-order valence-electron chi connectivity index (χ2n) is 5.05. The lowest BCUT2D eigenvalue weighted by Gasteiger charge is -2.11. The van der Waals surface area contributed by atoms with Crippen LogP contribution >= 0.6 is 0 Å². The molecule has 0 aliphatic carbocycles. The summed E-state index contributed by atoms with van der Waals surface area (Å²) in [5.41, 5.74) is 4.29. The number of hydrogen-bond donors (Lipinski definition) is 2. The molecule has 0 saturated carbocycles. The molecule has 0 saturated heterocycles. The van der Waals surface area contributed by atoms with Crippen molar-refractivity contribution in [1.29, 1.82) is 0 Å². The van der Waals surface area contributed by atoms with Gasteiger partial charge in [-0.3, -0.25) is 9.78 Å². The number of hydrogen-bond acceptors (Lipinski definition) is 3. The Morgan fingerprint density at radius 1 is 1.14 bits per heavy atom. The van der Waals surface area contributed by atoms with Gasteiger partial charge in [0.05, 0.1) is 11.4 Å². The maximum Gasteiger partial charge on any atom is 0.255 e. The minimum atomic E-state index is -0.0875. The Hall–Kier alpha value is -2.20. The zero-order chi connectivity index (χ0) is 15.2. The fraction of sp³-hybridized carbons (Fsp3) is 0.294. The molecule has 1 amide bonds. The fourth-order valence-corrected chi connectivity index (χ4v) is 2.23. The zero-order valence-electron chi connectivity index (χ0n) is 12.7. The molecule has 0 spiro atoms. The topological polar surface area (TPSA) is 54.0 Å². The maximum atomic E-state index is 12.5. The third-order valence-electron chi connectivity index (χ3n) is 3.38. The summed E-state index contributed by atoms with van der Waals surface area (Å²) in [4.78, 5) is 16.8. The molecule has 4 nitrogen and oxygen atoms in total. The van der Waals surface area contributed by atoms with Gasteiger partial charge in [-0.05, 0) is 57.6 Å². The number of benzene rings is 1. The molecular weight excluding hydrogens is 262 g/mol. The Bertz CT molecular complexity index is 638. The maximum absolute atomic E-state index is 12.5. The van der Waals surface area contributed by atoms with Gasteiger partial charge in [0.1, 0.15) is 0 Å². The number of nitrogens with one attached hydrogen (secondary N) is 2. The van der Waals surface area contributed by atoms with Crippen LogP contribution in [0, 0.1) is 13.8 Å². The Labute approximate surface area is 125 Å². The summed E-state index contributed by atoms with van der Waals surface area (Å²) in [5, 5.41) is 6.05. The summed E-state index contributed by atoms with van der Waals surface area (Å²) < 4.78 is 0. The van der Waals surface area contributed by atoms with E-state index in [9.17, 15) is 4.79 Å². The molecule has 21 heavy (non-hydrogen) atoms. The number of anilines is 1. The van der Waals surface area contributed by atoms with Gasteiger partial charge in [-0.25, -0.2) is 0 Å². The zero-order valence-corrected chi connectivity index (χ0v) is 12.7. The normalized spacial score (nSPS) is 10.4. The average molecular weight is 283 g/mol. The van der Waals surface area contributed by atoms with Crippen LogP contribution in [0.4, 0.5) is 5.69 Å². The van der Waals surface area contributed by atoms with Crippen LogP contribution in [0.15, 0.2) is 36.4 Å². The Morgan fingerprint density at radius 3 is 2.62 bits per heavy atom. The second kappa shape index (κ2) is 6.99. The lowest BCUT2D eigenvalue weighted by molar-refractivity contribution is 0.102. The molecule has 0 bridgehead atoms. The number of carbonyl (C=O) groups excluding carboxylic acids is 1. The molecule has 0 fully saturated rings. The van der Waals surface area contributed by atoms with Crippen LogP contribution in [0.3, 0.4) is 0 Å². The predicted octanol–water partition coefficient (Wildman–Crippen LogP) is 2.71. The molecule has 4 heteroatoms. The van der Waals surface area contributed by atoms with Gasteiger partial charge < -0.3 is 10.6 Å². The van der Waals surface area contributed by atoms with Crippen LogP contribution in [0.25, 0.3) is 0 Å². The number of aryl methyl sites for hydroxylation is 2. The number of aromatic nitrogens is 1. The van der Waals surface area contributed by atoms with Crippen LogP contribution < -0.4 is 10.6 Å². The molecule has 2 N–H and O–H groups in total. The van der Waals surface area contributed by atoms with E-state index in [1.54, 1.807) is 0 Å². The van der Waals surface area contributed by atoms with Crippen molar-refractivity contribution in [2.45, 2.75) is 20.3 Å². The standard InChI is InChI=1S/C17H21N3O/c1-12-8-9-16(13(2)19-12)20-17(21)15-7-5-4-6-14(15)10-11-18-3/h4-9,18H,10-11H2,1-3H3,(H,20,21). The summed E-state index contributed by atoms with van der Waals surface area (Å²) in [6.07, 6.45) is 0.825. The van der Waals surface area contributed by atoms with Crippen molar-refractivity contribution in [3.05, 3.63) is 58.9 Å². The van der Waals surface area contributed by atoms with Gasteiger partial charge in [-0.15, -0.1) is 0 Å². The molecule has 0 radical (unpaired) electrons. The van der Waals surface area contributed by atoms with Gasteiger partial charge in [-0.1, -0.05) is 18.2 Å². The SMILES string of the molecule is CNCCc1ccccc1C(=O)Nc1ccc(C)nc1C. The Balaban J connectivity index is 2.20. The van der Waals surface area contributed by atoms with Gasteiger partial charge in [-0.2, -0.15) is 0 Å². The third-order valence-corrected chi connectivity index (χ3v) is 3.38. The number of likely N-dealkylation sites (N-methyl/N-ethyl adjacent to an activating group) is 1. The molecule has 2 aromatic rings. The first-order valence-corrected chi connectivity index (χ1v) is 7.10. The highest BCUT2D eigenvalue weighted by Gasteiger charge is 2.12. The van der Waals surface area contributed by atoms with E-state index >= 15 is 0 Å². The van der Waals surface area contributed by atoms with Crippen LogP contribution in [0.5, 0.6) is 0 Å². The Kier molecular flexibility index (Phi) is 5.06. The summed E-state index contributed by atoms with van der Waals surface area (Å²) in [6, 6.07) is 11.5. The van der Waals surface area contributed by atoms with Gasteiger partial charge in [0.25, 0.3) is 5.91 Å². The van der Waals surface area contributed by atoms with Crippen molar-refractivity contribution in [2.75, 3.05) is 18.9 Å². The highest BCUT2D eigenvalue weighted by molar-refractivity contribution is 6.05. The molecule has 1 aromatic heterocycles. The van der Waals surface area contributed by atoms with E-state index in [1.807, 2.05) is 57.3 Å². The predicted molar refractivity (Wildman–Crippen MR) is 85.7 cm³/mol. The molecule has 0 aliphatic heterocycles. The molecule has 0 aliphatic rings. The average Bonchev–Trinajstić information content (AvgIpc) is 2.48. The second-order valence-corrected chi connectivity index (χ2v) is 5.05. The van der Waals surface area contributed by atoms with E-state index in [0.29, 0.717) is 5.56 Å². The van der Waals surface area contributed by atoms with Crippen LogP contribution in [0.1, 0.15) is 27.3 Å². The molecule has 110 valence electrons. The van der Waals surface area contributed by atoms with Crippen LogP contribution in [-0.2, 0) is 6.42 Å². The van der Waals surface area contributed by atoms with E-state index < -0.39 is 0 Å². The molecule has 1 heterocycles. The highest BCUT2D eigenvalue weighted by Crippen LogP contribution is 2.16. The quantitative estimate of drug-likeness (QED) is 0.887. The summed E-state index contributed by atoms with van der Waals surface area (Å²) in [5.74, 6) is -0.0875. The fourth-order valence-electron chi connectivity index (χ4n) is 2.23. The lowest BCUT2D eigenvalue weighted by atomic mass is 10.0. The number of carbonyl (C=O) groups is 1. The van der Waals surface area contributed by atoms with E-state index in [4.69, 9.17) is 0 Å². The van der Waals surface area contributed by atoms with Gasteiger partial charge in [0.2, 0.25) is 0 Å². The van der Waals surface area contributed by atoms with Crippen molar-refractivity contribution in [3.8, 4) is 0 Å². The first-order chi connectivity index (χ1) is 10.1. The largest absolute Gasteiger partial charge is 0.320 e. The summed E-state index contributed by atoms with van der Waals surface area (Å²) >= 11 is 0. The number of nitrogens with zero attached hydrogens (tertiary/aromatic N) is 1. The van der Waals surface area contributed by atoms with Crippen molar-refractivity contribution < 1.29 is 4.79 Å². The van der Waals surface area contributed by atoms with Crippen molar-refractivity contribution in [2.24, 2.45) is 0 Å². The van der Waals surface area contributed by atoms with E-state index in [2.05, 4.69) is 15.6 Å². The van der Waals surface area contributed by atoms with Crippen molar-refractivity contribution in [3.63, 3.8) is 0 Å². The van der Waals surface area contributed by atoms with Crippen LogP contribution in [0.2, 0.25) is 0 Å². The van der Waals surface area contributed by atoms with E-state index in [1.165, 1.54) is 0 Å². The molecule has 2 rings (SSSR count). The minimum Gasteiger partial charge on any atom is -0.320 e. The van der Waals surface area contributed by atoms with E-state index in [-0.39, 0.29) is 5.91 Å². The molecule has 1 aromatic carbocycles. The summed E-state index contributed by atoms with van der Waals surface area (Å²) in [6.45, 7) is 4.68. The monoisotopic (exact) mass is 283 g/mol. The minimum absolute atomic E-state index is 0.0875. The number of pyridine rings is 1. The van der Waals surface area contributed by atoms with Crippen LogP contribution in [-0.4, -0.2) is 24.5 Å². The molecule has 0 atom stereocenters. The number of amides is 1. The van der Waals surface area contributed by atoms with Crippen molar-refractivity contribution in [1.82, 2.24) is 10.3 Å². The first-order valence-electron chi connectivity index (χ1n) is 7.10. The van der Waals surface area contributed by atoms with Gasteiger partial charge in [0.15, 0.2) is 0 Å². The smallest absolute Gasteiger partial charge is 0.255 e.